The first kappa shape index (κ1) is 17.5. The minimum Gasteiger partial charge on any atom is -0.375 e. The van der Waals surface area contributed by atoms with Crippen molar-refractivity contribution >= 4 is 5.71 Å². The lowest BCUT2D eigenvalue weighted by Gasteiger charge is -2.45. The number of fused-ring (bicyclic) bond motifs is 2. The first-order chi connectivity index (χ1) is 11.0. The summed E-state index contributed by atoms with van der Waals surface area (Å²) in [5.41, 5.74) is -3.98. The average Bonchev–Trinajstić information content (AvgIpc) is 2.80. The van der Waals surface area contributed by atoms with Crippen LogP contribution in [0.25, 0.3) is 0 Å². The summed E-state index contributed by atoms with van der Waals surface area (Å²) in [5.74, 6) is -0.347. The zero-order valence-corrected chi connectivity index (χ0v) is 14.5. The van der Waals surface area contributed by atoms with E-state index in [0.29, 0.717) is 12.8 Å². The quantitative estimate of drug-likeness (QED) is 0.813. The van der Waals surface area contributed by atoms with Crippen molar-refractivity contribution < 1.29 is 18.3 Å². The molecular weight excluding hydrogens is 315 g/mol. The molecular formula is C19H24F3NO. The molecule has 0 amide bonds. The molecule has 2 bridgehead atoms. The second-order valence-corrected chi connectivity index (χ2v) is 7.95. The first-order valence-electron chi connectivity index (χ1n) is 8.39. The third-order valence-electron chi connectivity index (χ3n) is 6.75. The summed E-state index contributed by atoms with van der Waals surface area (Å²) in [7, 11) is 0. The summed E-state index contributed by atoms with van der Waals surface area (Å²) in [6.07, 6.45) is -3.73. The molecule has 1 aromatic carbocycles. The highest BCUT2D eigenvalue weighted by molar-refractivity contribution is 6.00. The van der Waals surface area contributed by atoms with E-state index >= 15 is 0 Å². The molecule has 1 N–H and O–H groups in total. The van der Waals surface area contributed by atoms with Crippen LogP contribution in [0.15, 0.2) is 35.3 Å². The number of alkyl halides is 3. The van der Waals surface area contributed by atoms with Crippen molar-refractivity contribution in [2.45, 2.75) is 58.4 Å². The van der Waals surface area contributed by atoms with Crippen LogP contribution >= 0.6 is 0 Å². The topological polar surface area (TPSA) is 32.6 Å². The third-order valence-corrected chi connectivity index (χ3v) is 6.75. The minimum atomic E-state index is -4.73. The highest BCUT2D eigenvalue weighted by Gasteiger charge is 2.80. The van der Waals surface area contributed by atoms with Crippen molar-refractivity contribution in [1.29, 1.82) is 0 Å². The van der Waals surface area contributed by atoms with E-state index in [4.69, 9.17) is 0 Å². The Morgan fingerprint density at radius 2 is 1.75 bits per heavy atom. The van der Waals surface area contributed by atoms with Crippen LogP contribution in [0, 0.1) is 16.7 Å². The van der Waals surface area contributed by atoms with E-state index in [9.17, 15) is 18.3 Å². The number of rotatable bonds is 2. The van der Waals surface area contributed by atoms with E-state index < -0.39 is 28.6 Å². The highest BCUT2D eigenvalue weighted by Crippen LogP contribution is 2.71. The molecule has 2 aliphatic carbocycles. The van der Waals surface area contributed by atoms with Crippen LogP contribution in [0.1, 0.15) is 52.1 Å². The fourth-order valence-electron chi connectivity index (χ4n) is 4.82. The predicted molar refractivity (Wildman–Crippen MR) is 87.9 cm³/mol. The molecule has 1 aromatic rings. The highest BCUT2D eigenvalue weighted by atomic mass is 19.4. The van der Waals surface area contributed by atoms with Gasteiger partial charge >= 0.3 is 6.18 Å². The van der Waals surface area contributed by atoms with E-state index in [2.05, 4.69) is 4.99 Å². The minimum absolute atomic E-state index is 0.0786. The summed E-state index contributed by atoms with van der Waals surface area (Å²) in [6.45, 7) is 7.00. The fourth-order valence-corrected chi connectivity index (χ4v) is 4.82. The van der Waals surface area contributed by atoms with E-state index in [-0.39, 0.29) is 11.6 Å². The van der Waals surface area contributed by atoms with Crippen molar-refractivity contribution in [3.63, 3.8) is 0 Å². The maximum atomic E-state index is 14.0. The molecule has 24 heavy (non-hydrogen) atoms. The van der Waals surface area contributed by atoms with E-state index in [1.165, 1.54) is 0 Å². The monoisotopic (exact) mass is 339 g/mol. The lowest BCUT2D eigenvalue weighted by Crippen LogP contribution is -2.61. The van der Waals surface area contributed by atoms with Gasteiger partial charge in [-0.25, -0.2) is 0 Å². The molecule has 2 fully saturated rings. The van der Waals surface area contributed by atoms with Gasteiger partial charge in [0.05, 0.1) is 11.8 Å². The Bertz CT molecular complexity index is 667. The molecule has 5 heteroatoms. The normalized spacial score (nSPS) is 37.8. The van der Waals surface area contributed by atoms with Gasteiger partial charge in [0.25, 0.3) is 0 Å². The lowest BCUT2D eigenvalue weighted by atomic mass is 9.64. The van der Waals surface area contributed by atoms with Crippen LogP contribution in [0.4, 0.5) is 13.2 Å². The number of aliphatic imine (C=N–C) groups is 1. The molecule has 0 radical (unpaired) electrons. The van der Waals surface area contributed by atoms with Crippen LogP contribution in [-0.4, -0.2) is 22.6 Å². The van der Waals surface area contributed by atoms with Crippen LogP contribution < -0.4 is 0 Å². The molecule has 0 aliphatic heterocycles. The van der Waals surface area contributed by atoms with E-state index in [1.54, 1.807) is 13.8 Å². The fraction of sp³-hybridized carbons (Fsp3) is 0.632. The molecule has 4 atom stereocenters. The van der Waals surface area contributed by atoms with Crippen molar-refractivity contribution in [2.24, 2.45) is 21.7 Å². The van der Waals surface area contributed by atoms with Gasteiger partial charge in [-0.15, -0.1) is 0 Å². The van der Waals surface area contributed by atoms with E-state index in [0.717, 1.165) is 5.56 Å². The molecule has 2 aliphatic rings. The molecule has 2 saturated carbocycles. The van der Waals surface area contributed by atoms with Gasteiger partial charge in [0, 0.05) is 11.3 Å². The third kappa shape index (κ3) is 1.97. The first-order valence-corrected chi connectivity index (χ1v) is 8.39. The number of hydrogen-bond acceptors (Lipinski definition) is 2. The number of hydrogen-bond donors (Lipinski definition) is 1. The predicted octanol–water partition coefficient (Wildman–Crippen LogP) is 4.94. The summed E-state index contributed by atoms with van der Waals surface area (Å²) < 4.78 is 41.9. The molecule has 0 unspecified atom stereocenters. The lowest BCUT2D eigenvalue weighted by molar-refractivity contribution is -0.273. The van der Waals surface area contributed by atoms with Gasteiger partial charge < -0.3 is 5.11 Å². The Labute approximate surface area is 140 Å². The molecule has 0 heterocycles. The van der Waals surface area contributed by atoms with Gasteiger partial charge in [-0.2, -0.15) is 13.2 Å². The van der Waals surface area contributed by atoms with Gasteiger partial charge in [0.1, 0.15) is 0 Å². The summed E-state index contributed by atoms with van der Waals surface area (Å²) in [6, 6.07) is 8.82. The van der Waals surface area contributed by atoms with E-state index in [1.807, 2.05) is 44.2 Å². The molecule has 0 spiro atoms. The molecule has 0 aromatic heterocycles. The van der Waals surface area contributed by atoms with Crippen molar-refractivity contribution in [3.05, 3.63) is 35.9 Å². The Hall–Kier alpha value is -1.36. The van der Waals surface area contributed by atoms with Crippen molar-refractivity contribution in [3.8, 4) is 0 Å². The molecule has 2 nitrogen and oxygen atoms in total. The number of aliphatic hydroxyl groups is 1. The Kier molecular flexibility index (Phi) is 3.69. The number of benzene rings is 1. The Morgan fingerprint density at radius 1 is 1.17 bits per heavy atom. The van der Waals surface area contributed by atoms with Crippen LogP contribution in [0.5, 0.6) is 0 Å². The maximum Gasteiger partial charge on any atom is 0.423 e. The van der Waals surface area contributed by atoms with Gasteiger partial charge in [-0.1, -0.05) is 51.1 Å². The second-order valence-electron chi connectivity index (χ2n) is 7.95. The van der Waals surface area contributed by atoms with Gasteiger partial charge in [0.15, 0.2) is 0 Å². The molecule has 0 saturated heterocycles. The van der Waals surface area contributed by atoms with Crippen molar-refractivity contribution in [1.82, 2.24) is 0 Å². The summed E-state index contributed by atoms with van der Waals surface area (Å²) in [4.78, 5) is 4.44. The smallest absolute Gasteiger partial charge is 0.375 e. The van der Waals surface area contributed by atoms with Crippen LogP contribution in [-0.2, 0) is 0 Å². The molecule has 3 rings (SSSR count). The van der Waals surface area contributed by atoms with Crippen molar-refractivity contribution in [2.75, 3.05) is 0 Å². The Morgan fingerprint density at radius 3 is 2.29 bits per heavy atom. The maximum absolute atomic E-state index is 14.0. The number of halogens is 3. The molecule has 132 valence electrons. The summed E-state index contributed by atoms with van der Waals surface area (Å²) >= 11 is 0. The SMILES string of the molecule is C[C@@H](N=C1[C@H]2CC[C@](C)(C2(C)C)[C@@]1(O)C(F)(F)F)c1ccccc1. The van der Waals surface area contributed by atoms with Crippen LogP contribution in [0.2, 0.25) is 0 Å². The van der Waals surface area contributed by atoms with Crippen LogP contribution in [0.3, 0.4) is 0 Å². The summed E-state index contributed by atoms with van der Waals surface area (Å²) in [5, 5.41) is 10.9. The largest absolute Gasteiger partial charge is 0.423 e. The average molecular weight is 339 g/mol. The second kappa shape index (κ2) is 5.07. The Balaban J connectivity index is 2.14. The zero-order valence-electron chi connectivity index (χ0n) is 14.5. The zero-order chi connectivity index (χ0) is 18.0. The van der Waals surface area contributed by atoms with Gasteiger partial charge in [0.2, 0.25) is 5.60 Å². The standard InChI is InChI=1S/C19H24F3NO/c1-12(13-8-6-5-7-9-13)23-15-14-10-11-17(4,16(14,2)3)18(15,24)19(20,21)22/h5-9,12,14,24H,10-11H2,1-4H3/t12-,14-,17-,18-/m1/s1. The number of nitrogens with zero attached hydrogens (tertiary/aromatic N) is 1. The van der Waals surface area contributed by atoms with Gasteiger partial charge in [-0.3, -0.25) is 4.99 Å². The van der Waals surface area contributed by atoms with Gasteiger partial charge in [-0.05, 0) is 30.7 Å².